The number of hydrogen-bond donors (Lipinski definition) is 4. The molecule has 2 aliphatic heterocycles. The van der Waals surface area contributed by atoms with Gasteiger partial charge in [0.1, 0.15) is 47.4 Å². The van der Waals surface area contributed by atoms with Gasteiger partial charge in [-0.05, 0) is 124 Å². The number of aromatic nitrogens is 4. The molecule has 0 bridgehead atoms. The number of rotatable bonds is 14. The van der Waals surface area contributed by atoms with Crippen LogP contribution in [0.4, 0.5) is 43.2 Å². The molecule has 6 atom stereocenters. The van der Waals surface area contributed by atoms with Crippen molar-refractivity contribution in [3.8, 4) is 11.5 Å². The SMILES string of the molecule is C/C=C/C(=O)Nc1cc2c(Nc3ccc(F)c(Cl)c3)ncnc2cc1OCCC1[C@H]2CN(C)C[C@@H]12.CN1C[C@@H]2C(CCOc3cc4ncnc(Nc5ccc(F)c(Cl)c5)c4cc3N)[C@@H]2C1. The van der Waals surface area contributed by atoms with E-state index in [0.29, 0.717) is 75.9 Å². The van der Waals surface area contributed by atoms with E-state index >= 15 is 0 Å². The average molecular weight is 924 g/mol. The predicted molar refractivity (Wildman–Crippen MR) is 252 cm³/mol. The first-order valence-electron chi connectivity index (χ1n) is 21.8. The molecule has 4 aromatic carbocycles. The summed E-state index contributed by atoms with van der Waals surface area (Å²) in [5.74, 6) is 5.80. The lowest BCUT2D eigenvalue weighted by Gasteiger charge is -2.16. The molecule has 0 spiro atoms. The van der Waals surface area contributed by atoms with Gasteiger partial charge in [0.2, 0.25) is 5.91 Å². The third-order valence-electron chi connectivity index (χ3n) is 13.0. The van der Waals surface area contributed by atoms with Crippen LogP contribution in [-0.2, 0) is 4.79 Å². The number of ether oxygens (including phenoxy) is 2. The first-order valence-corrected chi connectivity index (χ1v) is 22.5. The van der Waals surface area contributed by atoms with Crippen molar-refractivity contribution in [3.63, 3.8) is 0 Å². The van der Waals surface area contributed by atoms with Crippen LogP contribution >= 0.6 is 23.2 Å². The van der Waals surface area contributed by atoms with Gasteiger partial charge in [-0.1, -0.05) is 29.3 Å². The second-order valence-corrected chi connectivity index (χ2v) is 18.2. The number of benzene rings is 4. The molecular weight excluding hydrogens is 873 g/mol. The van der Waals surface area contributed by atoms with Crippen LogP contribution in [-0.4, -0.2) is 89.1 Å². The number of nitrogen functional groups attached to an aromatic ring is 1. The molecule has 10 rings (SSSR count). The zero-order valence-corrected chi connectivity index (χ0v) is 37.7. The maximum Gasteiger partial charge on any atom is 0.248 e. The molecule has 4 aliphatic rings. The smallest absolute Gasteiger partial charge is 0.248 e. The fourth-order valence-electron chi connectivity index (χ4n) is 9.66. The van der Waals surface area contributed by atoms with Crippen LogP contribution in [0.25, 0.3) is 21.8 Å². The van der Waals surface area contributed by atoms with Gasteiger partial charge in [-0.25, -0.2) is 28.7 Å². The number of halogens is 4. The van der Waals surface area contributed by atoms with Gasteiger partial charge in [-0.3, -0.25) is 4.79 Å². The van der Waals surface area contributed by atoms with Crippen molar-refractivity contribution >= 4 is 85.3 Å². The summed E-state index contributed by atoms with van der Waals surface area (Å²) >= 11 is 11.8. The molecule has 65 heavy (non-hydrogen) atoms. The Bertz CT molecular complexity index is 2760. The fraction of sp³-hybridized carbons (Fsp3) is 0.354. The largest absolute Gasteiger partial charge is 0.491 e. The molecule has 6 aromatic rings. The Hall–Kier alpha value is -5.87. The first-order chi connectivity index (χ1) is 31.4. The zero-order chi connectivity index (χ0) is 45.4. The summed E-state index contributed by atoms with van der Waals surface area (Å²) in [7, 11) is 4.36. The van der Waals surface area contributed by atoms with E-state index in [0.717, 1.165) is 53.3 Å². The second kappa shape index (κ2) is 18.9. The van der Waals surface area contributed by atoms with Crippen molar-refractivity contribution in [2.45, 2.75) is 19.8 Å². The lowest BCUT2D eigenvalue weighted by molar-refractivity contribution is -0.111. The van der Waals surface area contributed by atoms with Crippen molar-refractivity contribution in [2.75, 3.05) is 75.2 Å². The van der Waals surface area contributed by atoms with E-state index in [1.54, 1.807) is 37.3 Å². The van der Waals surface area contributed by atoms with Gasteiger partial charge in [0.05, 0.1) is 45.7 Å². The number of carbonyl (C=O) groups is 1. The number of carbonyl (C=O) groups excluding carboxylic acids is 1. The summed E-state index contributed by atoms with van der Waals surface area (Å²) in [6.45, 7) is 7.76. The minimum Gasteiger partial charge on any atom is -0.491 e. The number of fused-ring (bicyclic) bond motifs is 4. The Kier molecular flexibility index (Phi) is 12.9. The lowest BCUT2D eigenvalue weighted by atomic mass is 10.1. The van der Waals surface area contributed by atoms with E-state index in [-0.39, 0.29) is 16.0 Å². The van der Waals surface area contributed by atoms with E-state index in [1.165, 1.54) is 69.2 Å². The van der Waals surface area contributed by atoms with Gasteiger partial charge in [0.25, 0.3) is 0 Å². The molecule has 0 radical (unpaired) electrons. The average Bonchev–Trinajstić information content (AvgIpc) is 3.95. The molecular formula is C48H50Cl2F2N10O3. The summed E-state index contributed by atoms with van der Waals surface area (Å²) in [5, 5.41) is 10.7. The number of piperidine rings is 2. The minimum atomic E-state index is -0.498. The molecule has 2 aromatic heterocycles. The van der Waals surface area contributed by atoms with Gasteiger partial charge in [0.15, 0.2) is 0 Å². The maximum absolute atomic E-state index is 13.6. The van der Waals surface area contributed by atoms with Gasteiger partial charge < -0.3 is 41.0 Å². The highest BCUT2D eigenvalue weighted by molar-refractivity contribution is 6.31. The monoisotopic (exact) mass is 922 g/mol. The summed E-state index contributed by atoms with van der Waals surface area (Å²) in [4.78, 5) is 34.5. The van der Waals surface area contributed by atoms with Crippen molar-refractivity contribution in [2.24, 2.45) is 35.5 Å². The van der Waals surface area contributed by atoms with Gasteiger partial charge in [0, 0.05) is 60.5 Å². The number of hydrogen-bond acceptors (Lipinski definition) is 12. The molecule has 2 aliphatic carbocycles. The summed E-state index contributed by atoms with van der Waals surface area (Å²) in [5.41, 5.74) is 9.90. The number of anilines is 6. The third kappa shape index (κ3) is 10.0. The number of allylic oxidation sites excluding steroid dienone is 1. The highest BCUT2D eigenvalue weighted by Crippen LogP contribution is 2.54. The molecule has 2 saturated heterocycles. The molecule has 1 amide bonds. The second-order valence-electron chi connectivity index (χ2n) is 17.4. The Morgan fingerprint density at radius 1 is 0.723 bits per heavy atom. The van der Waals surface area contributed by atoms with E-state index in [2.05, 4.69) is 59.8 Å². The topological polar surface area (TPSA) is 156 Å². The molecule has 2 saturated carbocycles. The zero-order valence-electron chi connectivity index (χ0n) is 36.2. The third-order valence-corrected chi connectivity index (χ3v) is 13.5. The van der Waals surface area contributed by atoms with Crippen LogP contribution in [0.5, 0.6) is 11.5 Å². The normalized spacial score (nSPS) is 22.0. The van der Waals surface area contributed by atoms with Gasteiger partial charge in [-0.2, -0.15) is 0 Å². The highest BCUT2D eigenvalue weighted by Gasteiger charge is 2.54. The van der Waals surface area contributed by atoms with Crippen LogP contribution < -0.4 is 31.2 Å². The van der Waals surface area contributed by atoms with Crippen molar-refractivity contribution in [3.05, 3.63) is 107 Å². The number of nitrogens with one attached hydrogen (secondary N) is 3. The number of nitrogens with zero attached hydrogens (tertiary/aromatic N) is 6. The van der Waals surface area contributed by atoms with Gasteiger partial charge in [-0.15, -0.1) is 0 Å². The number of amides is 1. The molecule has 17 heteroatoms. The van der Waals surface area contributed by atoms with E-state index in [1.807, 2.05) is 12.1 Å². The highest BCUT2D eigenvalue weighted by atomic mass is 35.5. The Labute approximate surface area is 385 Å². The molecule has 4 heterocycles. The molecule has 13 nitrogen and oxygen atoms in total. The number of likely N-dealkylation sites (tertiary alicyclic amines) is 2. The molecule has 5 N–H and O–H groups in total. The van der Waals surface area contributed by atoms with E-state index < -0.39 is 11.6 Å². The number of nitrogens with two attached hydrogens (primary N) is 1. The van der Waals surface area contributed by atoms with Gasteiger partial charge >= 0.3 is 0 Å². The van der Waals surface area contributed by atoms with E-state index in [4.69, 9.17) is 38.4 Å². The fourth-order valence-corrected chi connectivity index (χ4v) is 10.0. The minimum absolute atomic E-state index is 0.00907. The van der Waals surface area contributed by atoms with Crippen molar-refractivity contribution in [1.29, 1.82) is 0 Å². The van der Waals surface area contributed by atoms with Crippen molar-refractivity contribution in [1.82, 2.24) is 29.7 Å². The molecule has 338 valence electrons. The predicted octanol–water partition coefficient (Wildman–Crippen LogP) is 9.58. The van der Waals surface area contributed by atoms with Crippen molar-refractivity contribution < 1.29 is 23.0 Å². The quantitative estimate of drug-likeness (QED) is 0.0608. The van der Waals surface area contributed by atoms with Crippen LogP contribution in [0.1, 0.15) is 19.8 Å². The summed E-state index contributed by atoms with van der Waals surface area (Å²) in [6.07, 6.45) is 8.09. The Morgan fingerprint density at radius 3 is 1.69 bits per heavy atom. The molecule has 4 fully saturated rings. The van der Waals surface area contributed by atoms with Crippen LogP contribution in [0.15, 0.2) is 85.5 Å². The van der Waals surface area contributed by atoms with E-state index in [9.17, 15) is 13.6 Å². The Balaban J connectivity index is 0.000000166. The standard InChI is InChI=1S/C26H27ClFN5O2.C22H23ClFN5O/c1-3-4-25(34)32-23-10-17-22(11-24(23)35-8-7-16-18-12-33(2)13-19(16)18)29-14-30-26(17)31-15-5-6-21(28)20(27)9-15;1-29-9-15-13(16(15)10-29)4-5-30-21-8-20-14(7-19(21)25)22(27-11-26-20)28-12-2-3-18(24)17(23)6-12/h3-6,9-11,14,16,18-19H,7-8,12-13H2,1-2H3,(H,32,34)(H,29,30,31);2-3,6-8,11,13,15-16H,4-5,9-10,25H2,1H3,(H,26,27,28)/b4-3+;/t16?,18-,19+;13?,15-,16+. The molecule has 2 unspecified atom stereocenters. The van der Waals surface area contributed by atoms with Crippen LogP contribution in [0.3, 0.4) is 0 Å². The first kappa shape index (κ1) is 44.3. The lowest BCUT2D eigenvalue weighted by Crippen LogP contribution is -2.19. The summed E-state index contributed by atoms with van der Waals surface area (Å²) in [6, 6.07) is 16.0. The maximum atomic E-state index is 13.6. The summed E-state index contributed by atoms with van der Waals surface area (Å²) < 4.78 is 39.1. The van der Waals surface area contributed by atoms with Crippen LogP contribution in [0.2, 0.25) is 10.0 Å². The Morgan fingerprint density at radius 2 is 1.20 bits per heavy atom. The van der Waals surface area contributed by atoms with Crippen LogP contribution in [0, 0.1) is 47.1 Å².